The molecule has 1 saturated carbocycles. The molecule has 0 aromatic heterocycles. The monoisotopic (exact) mass is 353 g/mol. The number of ketones is 2. The average molecular weight is 353 g/mol. The number of anilines is 1. The molecule has 1 N–H and O–H groups in total. The second-order valence-corrected chi connectivity index (χ2v) is 7.44. The summed E-state index contributed by atoms with van der Waals surface area (Å²) in [6, 6.07) is 7.52. The highest BCUT2D eigenvalue weighted by Crippen LogP contribution is 2.48. The molecule has 136 valence electrons. The van der Waals surface area contributed by atoms with E-state index in [4.69, 9.17) is 4.74 Å². The second-order valence-electron chi connectivity index (χ2n) is 7.44. The van der Waals surface area contributed by atoms with E-state index in [0.717, 1.165) is 37.0 Å². The fourth-order valence-electron chi connectivity index (χ4n) is 4.58. The van der Waals surface area contributed by atoms with Crippen LogP contribution in [-0.4, -0.2) is 23.6 Å². The lowest BCUT2D eigenvalue weighted by molar-refractivity contribution is -0.133. The fourth-order valence-corrected chi connectivity index (χ4v) is 4.58. The summed E-state index contributed by atoms with van der Waals surface area (Å²) in [5.41, 5.74) is 2.37. The van der Waals surface area contributed by atoms with Gasteiger partial charge in [0.15, 0.2) is 5.78 Å². The first-order valence-electron chi connectivity index (χ1n) is 9.38. The Morgan fingerprint density at radius 1 is 1.08 bits per heavy atom. The molecule has 1 fully saturated rings. The van der Waals surface area contributed by atoms with Gasteiger partial charge in [-0.25, -0.2) is 0 Å². The Bertz CT molecular complexity index is 793. The van der Waals surface area contributed by atoms with Crippen LogP contribution in [0.25, 0.3) is 0 Å². The van der Waals surface area contributed by atoms with E-state index in [0.29, 0.717) is 24.1 Å². The Morgan fingerprint density at radius 2 is 1.85 bits per heavy atom. The van der Waals surface area contributed by atoms with Gasteiger partial charge in [0.2, 0.25) is 5.91 Å². The number of ether oxygens (including phenoxy) is 1. The Labute approximate surface area is 152 Å². The van der Waals surface area contributed by atoms with Crippen LogP contribution in [0.5, 0.6) is 0 Å². The number of carbonyl (C=O) groups excluding carboxylic acids is 3. The molecule has 4 rings (SSSR count). The number of amides is 1. The van der Waals surface area contributed by atoms with Gasteiger partial charge in [0.05, 0.1) is 5.92 Å². The molecule has 1 aliphatic heterocycles. The van der Waals surface area contributed by atoms with Crippen LogP contribution in [0.2, 0.25) is 0 Å². The van der Waals surface area contributed by atoms with Gasteiger partial charge in [0.25, 0.3) is 0 Å². The molecule has 2 aliphatic carbocycles. The summed E-state index contributed by atoms with van der Waals surface area (Å²) >= 11 is 0. The smallest absolute Gasteiger partial charge is 0.221 e. The highest BCUT2D eigenvalue weighted by Gasteiger charge is 2.48. The predicted molar refractivity (Wildman–Crippen MR) is 96.6 cm³/mol. The zero-order chi connectivity index (χ0) is 18.3. The average Bonchev–Trinajstić information content (AvgIpc) is 2.61. The molecule has 3 aliphatic rings. The summed E-state index contributed by atoms with van der Waals surface area (Å²) in [6.45, 7) is 1.47. The molecule has 1 amide bonds. The maximum Gasteiger partial charge on any atom is 0.221 e. The number of hydrogen-bond donors (Lipinski definition) is 1. The van der Waals surface area contributed by atoms with Gasteiger partial charge in [0, 0.05) is 43.4 Å². The normalized spacial score (nSPS) is 28.1. The van der Waals surface area contributed by atoms with E-state index in [2.05, 4.69) is 5.32 Å². The molecule has 3 atom stereocenters. The number of nitrogens with one attached hydrogen (secondary N) is 1. The SMILES string of the molecule is CC(=O)Nc1ccc([C@H]2C3=C(CCCC3=O)O[C@@H]3CCCC(=O)[C@@H]23)cc1. The van der Waals surface area contributed by atoms with Gasteiger partial charge in [-0.3, -0.25) is 14.4 Å². The van der Waals surface area contributed by atoms with Crippen molar-refractivity contribution in [1.29, 1.82) is 0 Å². The van der Waals surface area contributed by atoms with Crippen LogP contribution in [0, 0.1) is 5.92 Å². The molecular formula is C21H23NO4. The van der Waals surface area contributed by atoms with Crippen LogP contribution in [0.4, 0.5) is 5.69 Å². The molecule has 0 spiro atoms. The van der Waals surface area contributed by atoms with Crippen LogP contribution in [-0.2, 0) is 19.1 Å². The molecular weight excluding hydrogens is 330 g/mol. The maximum atomic E-state index is 12.7. The van der Waals surface area contributed by atoms with E-state index in [1.165, 1.54) is 6.92 Å². The molecule has 1 aromatic carbocycles. The summed E-state index contributed by atoms with van der Waals surface area (Å²) in [4.78, 5) is 36.7. The summed E-state index contributed by atoms with van der Waals surface area (Å²) in [7, 11) is 0. The summed E-state index contributed by atoms with van der Waals surface area (Å²) in [5.74, 6) is 0.472. The maximum absolute atomic E-state index is 12.7. The van der Waals surface area contributed by atoms with Crippen LogP contribution in [0.3, 0.4) is 0 Å². The van der Waals surface area contributed by atoms with Gasteiger partial charge < -0.3 is 10.1 Å². The van der Waals surface area contributed by atoms with Crippen molar-refractivity contribution in [2.45, 2.75) is 57.5 Å². The van der Waals surface area contributed by atoms with Crippen molar-refractivity contribution >= 4 is 23.2 Å². The Hall–Kier alpha value is -2.43. The molecule has 1 aromatic rings. The minimum atomic E-state index is -0.281. The highest BCUT2D eigenvalue weighted by atomic mass is 16.5. The molecule has 0 saturated heterocycles. The molecule has 0 bridgehead atoms. The first kappa shape index (κ1) is 17.0. The number of fused-ring (bicyclic) bond motifs is 1. The van der Waals surface area contributed by atoms with Crippen LogP contribution < -0.4 is 5.32 Å². The van der Waals surface area contributed by atoms with Gasteiger partial charge >= 0.3 is 0 Å². The van der Waals surface area contributed by atoms with Gasteiger partial charge in [-0.15, -0.1) is 0 Å². The Morgan fingerprint density at radius 3 is 2.58 bits per heavy atom. The zero-order valence-corrected chi connectivity index (χ0v) is 14.9. The zero-order valence-electron chi connectivity index (χ0n) is 14.9. The van der Waals surface area contributed by atoms with Crippen molar-refractivity contribution < 1.29 is 19.1 Å². The summed E-state index contributed by atoms with van der Waals surface area (Å²) in [5, 5.41) is 2.76. The molecule has 5 nitrogen and oxygen atoms in total. The van der Waals surface area contributed by atoms with Crippen molar-refractivity contribution in [3.63, 3.8) is 0 Å². The van der Waals surface area contributed by atoms with Gasteiger partial charge in [0.1, 0.15) is 17.6 Å². The third kappa shape index (κ3) is 2.96. The van der Waals surface area contributed by atoms with Crippen molar-refractivity contribution in [3.05, 3.63) is 41.2 Å². The first-order valence-corrected chi connectivity index (χ1v) is 9.38. The van der Waals surface area contributed by atoms with E-state index < -0.39 is 0 Å². The lowest BCUT2D eigenvalue weighted by Crippen LogP contribution is -2.44. The number of hydrogen-bond acceptors (Lipinski definition) is 4. The molecule has 1 heterocycles. The molecule has 5 heteroatoms. The van der Waals surface area contributed by atoms with E-state index in [1.54, 1.807) is 0 Å². The summed E-state index contributed by atoms with van der Waals surface area (Å²) < 4.78 is 6.14. The lowest BCUT2D eigenvalue weighted by Gasteiger charge is -2.43. The number of carbonyl (C=O) groups is 3. The highest BCUT2D eigenvalue weighted by molar-refractivity contribution is 6.00. The quantitative estimate of drug-likeness (QED) is 0.883. The Kier molecular flexibility index (Phi) is 4.39. The lowest BCUT2D eigenvalue weighted by atomic mass is 9.67. The van der Waals surface area contributed by atoms with E-state index in [1.807, 2.05) is 24.3 Å². The van der Waals surface area contributed by atoms with Gasteiger partial charge in [-0.1, -0.05) is 12.1 Å². The molecule has 0 unspecified atom stereocenters. The standard InChI is InChI=1S/C21H23NO4/c1-12(23)22-14-10-8-13(9-11-14)19-20-15(24)4-2-6-17(20)26-18-7-3-5-16(25)21(18)19/h8-11,17,19-20H,2-7H2,1H3,(H,22,23)/t17-,19-,20-/m1/s1. The topological polar surface area (TPSA) is 72.5 Å². The van der Waals surface area contributed by atoms with Crippen molar-refractivity contribution in [1.82, 2.24) is 0 Å². The van der Waals surface area contributed by atoms with E-state index in [-0.39, 0.29) is 35.4 Å². The minimum Gasteiger partial charge on any atom is -0.494 e. The van der Waals surface area contributed by atoms with E-state index >= 15 is 0 Å². The molecule has 0 radical (unpaired) electrons. The second kappa shape index (κ2) is 6.71. The van der Waals surface area contributed by atoms with Crippen molar-refractivity contribution in [2.24, 2.45) is 5.92 Å². The van der Waals surface area contributed by atoms with Crippen LogP contribution >= 0.6 is 0 Å². The van der Waals surface area contributed by atoms with Gasteiger partial charge in [-0.2, -0.15) is 0 Å². The Balaban J connectivity index is 1.77. The number of benzene rings is 1. The van der Waals surface area contributed by atoms with Crippen LogP contribution in [0.1, 0.15) is 56.9 Å². The fraction of sp³-hybridized carbons (Fsp3) is 0.476. The number of rotatable bonds is 2. The minimum absolute atomic E-state index is 0.110. The van der Waals surface area contributed by atoms with E-state index in [9.17, 15) is 14.4 Å². The third-order valence-corrected chi connectivity index (χ3v) is 5.65. The largest absolute Gasteiger partial charge is 0.494 e. The van der Waals surface area contributed by atoms with Crippen molar-refractivity contribution in [3.8, 4) is 0 Å². The van der Waals surface area contributed by atoms with Crippen LogP contribution in [0.15, 0.2) is 35.6 Å². The third-order valence-electron chi connectivity index (χ3n) is 5.65. The summed E-state index contributed by atoms with van der Waals surface area (Å²) in [6.07, 6.45) is 4.26. The van der Waals surface area contributed by atoms with Gasteiger partial charge in [-0.05, 0) is 37.0 Å². The predicted octanol–water partition coefficient (Wildman–Crippen LogP) is 3.50. The van der Waals surface area contributed by atoms with Crippen molar-refractivity contribution in [2.75, 3.05) is 5.32 Å². The molecule has 26 heavy (non-hydrogen) atoms. The first-order chi connectivity index (χ1) is 12.5. The number of Topliss-reactive ketones (excluding diaryl/α,β-unsaturated/α-hetero) is 2. The number of allylic oxidation sites excluding steroid dienone is 2.